The van der Waals surface area contributed by atoms with Gasteiger partial charge in [0, 0.05) is 39.3 Å². The minimum atomic E-state index is -0.499. The lowest BCUT2D eigenvalue weighted by Gasteiger charge is -2.43. The van der Waals surface area contributed by atoms with E-state index in [1.807, 2.05) is 48.9 Å². The highest BCUT2D eigenvalue weighted by atomic mass is 16.5. The van der Waals surface area contributed by atoms with Crippen LogP contribution in [0.4, 0.5) is 4.79 Å². The Morgan fingerprint density at radius 3 is 2.56 bits per heavy atom. The number of likely N-dealkylation sites (tertiary alicyclic amines) is 1. The van der Waals surface area contributed by atoms with Gasteiger partial charge < -0.3 is 28.9 Å². The van der Waals surface area contributed by atoms with E-state index in [0.717, 1.165) is 61.0 Å². The molecule has 3 aliphatic rings. The molecule has 2 aliphatic heterocycles. The Balaban J connectivity index is 1.57. The van der Waals surface area contributed by atoms with Crippen LogP contribution in [0.2, 0.25) is 0 Å². The number of methoxy groups -OCH3 is 2. The molecule has 1 aromatic rings. The normalized spacial score (nSPS) is 22.6. The summed E-state index contributed by atoms with van der Waals surface area (Å²) in [7, 11) is 5.15. The van der Waals surface area contributed by atoms with Crippen LogP contribution in [0.1, 0.15) is 63.5 Å². The van der Waals surface area contributed by atoms with Crippen molar-refractivity contribution in [2.24, 2.45) is 0 Å². The van der Waals surface area contributed by atoms with Crippen LogP contribution in [-0.2, 0) is 22.5 Å². The highest BCUT2D eigenvalue weighted by Crippen LogP contribution is 2.35. The molecule has 8 nitrogen and oxygen atoms in total. The number of rotatable bonds is 6. The lowest BCUT2D eigenvalue weighted by molar-refractivity contribution is -0.130. The van der Waals surface area contributed by atoms with Gasteiger partial charge in [0.1, 0.15) is 17.3 Å². The van der Waals surface area contributed by atoms with Gasteiger partial charge in [-0.25, -0.2) is 4.79 Å². The van der Waals surface area contributed by atoms with E-state index in [9.17, 15) is 9.59 Å². The molecule has 0 radical (unpaired) electrons. The third-order valence-corrected chi connectivity index (χ3v) is 8.53. The Bertz CT molecular complexity index is 1250. The number of nitrogens with zero attached hydrogens (tertiary/aromatic N) is 3. The maximum atomic E-state index is 14.0. The van der Waals surface area contributed by atoms with Crippen LogP contribution < -0.4 is 9.47 Å². The average molecular weight is 564 g/mol. The van der Waals surface area contributed by atoms with Crippen molar-refractivity contribution >= 4 is 11.9 Å². The van der Waals surface area contributed by atoms with E-state index in [4.69, 9.17) is 14.2 Å². The average Bonchev–Trinajstić information content (AvgIpc) is 3.20. The molecule has 41 heavy (non-hydrogen) atoms. The fourth-order valence-electron chi connectivity index (χ4n) is 6.20. The lowest BCUT2D eigenvalue weighted by Crippen LogP contribution is -2.54. The number of hydrogen-bond donors (Lipinski definition) is 0. The van der Waals surface area contributed by atoms with Crippen molar-refractivity contribution in [3.8, 4) is 11.5 Å². The van der Waals surface area contributed by atoms with E-state index in [2.05, 4.69) is 24.8 Å². The number of carbonyl (C=O) groups excluding carboxylic acids is 2. The van der Waals surface area contributed by atoms with Crippen molar-refractivity contribution in [1.29, 1.82) is 0 Å². The molecule has 1 unspecified atom stereocenters. The van der Waals surface area contributed by atoms with Crippen molar-refractivity contribution in [2.45, 2.75) is 70.9 Å². The Morgan fingerprint density at radius 1 is 1.07 bits per heavy atom. The van der Waals surface area contributed by atoms with Crippen molar-refractivity contribution in [2.75, 3.05) is 40.9 Å². The molecule has 8 heteroatoms. The predicted octanol–water partition coefficient (Wildman–Crippen LogP) is 5.99. The molecule has 1 atom stereocenters. The van der Waals surface area contributed by atoms with Crippen molar-refractivity contribution < 1.29 is 23.8 Å². The standard InChI is InChI=1S/C33H45N3O5/c1-7-36-32(38)34(4)23-26-21-27(39-5)22-30(40-6)28(26)14-10-11-16-33(36)17-12-19-35(20-18-33)31(37)25(3)41-29-15-9-8-13-24(29)2/h9,11,15-16,21-22H,3,7-8,10,12-14,17-20,23H2,1-2,4-6H3/b16-11+. The largest absolute Gasteiger partial charge is 0.497 e. The van der Waals surface area contributed by atoms with Crippen molar-refractivity contribution in [1.82, 2.24) is 14.7 Å². The fourth-order valence-corrected chi connectivity index (χ4v) is 6.20. The quantitative estimate of drug-likeness (QED) is 0.242. The van der Waals surface area contributed by atoms with Crippen LogP contribution in [-0.4, -0.2) is 73.1 Å². The number of allylic oxidation sites excluding steroid dienone is 4. The first-order valence-electron chi connectivity index (χ1n) is 14.7. The minimum absolute atomic E-state index is 0.0363. The van der Waals surface area contributed by atoms with Crippen molar-refractivity contribution in [3.63, 3.8) is 0 Å². The number of ether oxygens (including phenoxy) is 3. The van der Waals surface area contributed by atoms with Gasteiger partial charge in [0.2, 0.25) is 0 Å². The molecule has 1 aliphatic carbocycles. The summed E-state index contributed by atoms with van der Waals surface area (Å²) in [4.78, 5) is 33.0. The lowest BCUT2D eigenvalue weighted by atomic mass is 9.87. The van der Waals surface area contributed by atoms with Crippen LogP contribution in [0.15, 0.2) is 60.1 Å². The van der Waals surface area contributed by atoms with E-state index in [1.165, 1.54) is 0 Å². The maximum Gasteiger partial charge on any atom is 0.320 e. The number of urea groups is 1. The minimum Gasteiger partial charge on any atom is -0.497 e. The number of fused-ring (bicyclic) bond motifs is 1. The number of carbonyl (C=O) groups is 2. The number of hydrogen-bond acceptors (Lipinski definition) is 5. The first-order valence-corrected chi connectivity index (χ1v) is 14.7. The van der Waals surface area contributed by atoms with Gasteiger partial charge in [-0.15, -0.1) is 0 Å². The van der Waals surface area contributed by atoms with Gasteiger partial charge in [-0.1, -0.05) is 24.8 Å². The summed E-state index contributed by atoms with van der Waals surface area (Å²) in [5.41, 5.74) is 2.73. The molecule has 0 saturated carbocycles. The van der Waals surface area contributed by atoms with Gasteiger partial charge >= 0.3 is 6.03 Å². The van der Waals surface area contributed by atoms with E-state index in [1.54, 1.807) is 19.1 Å². The third kappa shape index (κ3) is 6.63. The van der Waals surface area contributed by atoms with Crippen LogP contribution in [0.25, 0.3) is 0 Å². The summed E-state index contributed by atoms with van der Waals surface area (Å²) in [5.74, 6) is 2.15. The highest BCUT2D eigenvalue weighted by molar-refractivity contribution is 5.91. The summed E-state index contributed by atoms with van der Waals surface area (Å²) in [6, 6.07) is 3.87. The van der Waals surface area contributed by atoms with E-state index in [-0.39, 0.29) is 17.7 Å². The topological polar surface area (TPSA) is 71.5 Å². The molecule has 1 saturated heterocycles. The van der Waals surface area contributed by atoms with E-state index >= 15 is 0 Å². The van der Waals surface area contributed by atoms with Gasteiger partial charge in [0.15, 0.2) is 5.76 Å². The second kappa shape index (κ2) is 13.3. The number of benzene rings is 1. The Labute approximate surface area is 244 Å². The molecule has 1 spiro atoms. The zero-order chi connectivity index (χ0) is 29.6. The maximum absolute atomic E-state index is 14.0. The second-order valence-electron chi connectivity index (χ2n) is 11.2. The molecule has 1 fully saturated rings. The zero-order valence-corrected chi connectivity index (χ0v) is 25.3. The molecule has 0 N–H and O–H groups in total. The second-order valence-corrected chi connectivity index (χ2v) is 11.2. The molecule has 1 aromatic carbocycles. The summed E-state index contributed by atoms with van der Waals surface area (Å²) < 4.78 is 17.1. The molecule has 2 heterocycles. The Hall–Kier alpha value is -3.68. The van der Waals surface area contributed by atoms with Crippen LogP contribution in [0, 0.1) is 0 Å². The monoisotopic (exact) mass is 563 g/mol. The first-order chi connectivity index (χ1) is 19.7. The van der Waals surface area contributed by atoms with Crippen LogP contribution >= 0.6 is 0 Å². The molecule has 0 aromatic heterocycles. The Morgan fingerprint density at radius 2 is 1.85 bits per heavy atom. The molecule has 222 valence electrons. The van der Waals surface area contributed by atoms with E-state index < -0.39 is 5.54 Å². The van der Waals surface area contributed by atoms with Gasteiger partial charge in [-0.2, -0.15) is 0 Å². The zero-order valence-electron chi connectivity index (χ0n) is 25.3. The Kier molecular flexibility index (Phi) is 9.84. The van der Waals surface area contributed by atoms with Crippen LogP contribution in [0.3, 0.4) is 0 Å². The van der Waals surface area contributed by atoms with Gasteiger partial charge in [-0.05, 0) is 87.6 Å². The van der Waals surface area contributed by atoms with Gasteiger partial charge in [0.05, 0.1) is 19.8 Å². The fraction of sp³-hybridized carbons (Fsp3) is 0.515. The van der Waals surface area contributed by atoms with E-state index in [0.29, 0.717) is 44.1 Å². The highest BCUT2D eigenvalue weighted by Gasteiger charge is 2.40. The summed E-state index contributed by atoms with van der Waals surface area (Å²) >= 11 is 0. The summed E-state index contributed by atoms with van der Waals surface area (Å²) in [6.07, 6.45) is 14.1. The summed E-state index contributed by atoms with van der Waals surface area (Å²) in [6.45, 7) is 10.1. The summed E-state index contributed by atoms with van der Waals surface area (Å²) in [5, 5.41) is 0. The van der Waals surface area contributed by atoms with Crippen LogP contribution in [0.5, 0.6) is 11.5 Å². The predicted molar refractivity (Wildman–Crippen MR) is 161 cm³/mol. The smallest absolute Gasteiger partial charge is 0.320 e. The molecular formula is C33H45N3O5. The molecular weight excluding hydrogens is 518 g/mol. The molecule has 0 bridgehead atoms. The number of likely N-dealkylation sites (N-methyl/N-ethyl adjacent to an activating group) is 1. The number of amides is 3. The van der Waals surface area contributed by atoms with Crippen molar-refractivity contribution in [3.05, 3.63) is 71.2 Å². The molecule has 4 rings (SSSR count). The first kappa shape index (κ1) is 30.3. The molecule has 3 amide bonds. The van der Waals surface area contributed by atoms with Gasteiger partial charge in [0.25, 0.3) is 5.91 Å². The van der Waals surface area contributed by atoms with Gasteiger partial charge in [-0.3, -0.25) is 4.79 Å². The SMILES string of the molecule is C=C(OC1=C(C)CCC=C1)C(=O)N1CCCC2(/C=C/CCc3c(cc(OC)cc3OC)CN(C)C(=O)N2CC)CC1. The third-order valence-electron chi connectivity index (χ3n) is 8.53.